The predicted octanol–water partition coefficient (Wildman–Crippen LogP) is 2.30. The molecule has 6 heteroatoms. The Bertz CT molecular complexity index is 501. The van der Waals surface area contributed by atoms with Gasteiger partial charge >= 0.3 is 0 Å². The summed E-state index contributed by atoms with van der Waals surface area (Å²) in [6, 6.07) is 6.02. The summed E-state index contributed by atoms with van der Waals surface area (Å²) in [6.07, 6.45) is 3.46. The van der Waals surface area contributed by atoms with E-state index < -0.39 is 0 Å². The van der Waals surface area contributed by atoms with Crippen molar-refractivity contribution in [2.24, 2.45) is 0 Å². The van der Waals surface area contributed by atoms with E-state index in [-0.39, 0.29) is 0 Å². The Morgan fingerprint density at radius 1 is 1.42 bits per heavy atom. The summed E-state index contributed by atoms with van der Waals surface area (Å²) in [7, 11) is 1.69. The van der Waals surface area contributed by atoms with E-state index in [1.807, 2.05) is 12.1 Å². The summed E-state index contributed by atoms with van der Waals surface area (Å²) in [4.78, 5) is 4.09. The SMILES string of the molecule is COc1ccc(Br)cc1CNCCCc1ncn[nH]1. The first-order chi connectivity index (χ1) is 9.29. The molecule has 0 radical (unpaired) electrons. The zero-order chi connectivity index (χ0) is 13.5. The Kier molecular flexibility index (Phi) is 5.35. The Hall–Kier alpha value is -1.40. The maximum Gasteiger partial charge on any atom is 0.137 e. The van der Waals surface area contributed by atoms with Crippen molar-refractivity contribution < 1.29 is 4.74 Å². The first-order valence-corrected chi connectivity index (χ1v) is 6.96. The number of H-pyrrole nitrogens is 1. The van der Waals surface area contributed by atoms with Crippen LogP contribution in [0.1, 0.15) is 17.8 Å². The van der Waals surface area contributed by atoms with E-state index >= 15 is 0 Å². The molecule has 2 aromatic rings. The summed E-state index contributed by atoms with van der Waals surface area (Å²) >= 11 is 3.47. The van der Waals surface area contributed by atoms with Gasteiger partial charge in [0.2, 0.25) is 0 Å². The van der Waals surface area contributed by atoms with Gasteiger partial charge in [-0.2, -0.15) is 5.10 Å². The van der Waals surface area contributed by atoms with E-state index in [0.29, 0.717) is 0 Å². The molecule has 5 nitrogen and oxygen atoms in total. The molecule has 1 heterocycles. The first kappa shape index (κ1) is 14.0. The van der Waals surface area contributed by atoms with Crippen LogP contribution < -0.4 is 10.1 Å². The van der Waals surface area contributed by atoms with E-state index in [4.69, 9.17) is 4.74 Å². The molecule has 2 rings (SSSR count). The van der Waals surface area contributed by atoms with Gasteiger partial charge in [-0.25, -0.2) is 4.98 Å². The van der Waals surface area contributed by atoms with E-state index in [1.54, 1.807) is 7.11 Å². The molecule has 19 heavy (non-hydrogen) atoms. The monoisotopic (exact) mass is 324 g/mol. The van der Waals surface area contributed by atoms with E-state index in [2.05, 4.69) is 42.5 Å². The van der Waals surface area contributed by atoms with Gasteiger partial charge in [-0.1, -0.05) is 15.9 Å². The molecule has 0 bridgehead atoms. The number of nitrogens with one attached hydrogen (secondary N) is 2. The number of hydrogen-bond acceptors (Lipinski definition) is 4. The fourth-order valence-electron chi connectivity index (χ4n) is 1.84. The third-order valence-corrected chi connectivity index (χ3v) is 3.28. The summed E-state index contributed by atoms with van der Waals surface area (Å²) in [5.41, 5.74) is 1.15. The molecule has 1 aromatic heterocycles. The van der Waals surface area contributed by atoms with Crippen molar-refractivity contribution in [2.45, 2.75) is 19.4 Å². The molecule has 0 amide bonds. The largest absolute Gasteiger partial charge is 0.496 e. The van der Waals surface area contributed by atoms with Crippen molar-refractivity contribution in [3.63, 3.8) is 0 Å². The number of benzene rings is 1. The average molecular weight is 325 g/mol. The molecule has 2 N–H and O–H groups in total. The van der Waals surface area contributed by atoms with Crippen molar-refractivity contribution in [2.75, 3.05) is 13.7 Å². The smallest absolute Gasteiger partial charge is 0.137 e. The zero-order valence-electron chi connectivity index (χ0n) is 10.8. The van der Waals surface area contributed by atoms with Crippen LogP contribution in [0.15, 0.2) is 29.0 Å². The van der Waals surface area contributed by atoms with Crippen LogP contribution in [-0.2, 0) is 13.0 Å². The van der Waals surface area contributed by atoms with Gasteiger partial charge in [-0.3, -0.25) is 5.10 Å². The number of halogens is 1. The second-order valence-corrected chi connectivity index (χ2v) is 5.08. The average Bonchev–Trinajstić information content (AvgIpc) is 2.92. The van der Waals surface area contributed by atoms with Gasteiger partial charge in [-0.15, -0.1) is 0 Å². The van der Waals surface area contributed by atoms with Crippen molar-refractivity contribution in [1.82, 2.24) is 20.5 Å². The number of hydrogen-bond donors (Lipinski definition) is 2. The van der Waals surface area contributed by atoms with Crippen LogP contribution >= 0.6 is 15.9 Å². The fourth-order valence-corrected chi connectivity index (χ4v) is 2.25. The topological polar surface area (TPSA) is 62.8 Å². The molecule has 0 saturated carbocycles. The quantitative estimate of drug-likeness (QED) is 0.767. The third-order valence-electron chi connectivity index (χ3n) is 2.79. The van der Waals surface area contributed by atoms with Crippen molar-refractivity contribution in [3.8, 4) is 5.75 Å². The Balaban J connectivity index is 1.74. The second kappa shape index (κ2) is 7.25. The number of methoxy groups -OCH3 is 1. The van der Waals surface area contributed by atoms with E-state index in [0.717, 1.165) is 47.5 Å². The molecule has 0 aliphatic carbocycles. The Labute approximate surface area is 120 Å². The number of aromatic nitrogens is 3. The minimum atomic E-state index is 0.791. The van der Waals surface area contributed by atoms with Crippen molar-refractivity contribution in [1.29, 1.82) is 0 Å². The molecule has 102 valence electrons. The number of rotatable bonds is 7. The molecule has 1 aromatic carbocycles. The molecular formula is C13H17BrN4O. The Morgan fingerprint density at radius 3 is 3.05 bits per heavy atom. The standard InChI is InChI=1S/C13H17BrN4O/c1-19-12-5-4-11(14)7-10(12)8-15-6-2-3-13-16-9-17-18-13/h4-5,7,9,15H,2-3,6,8H2,1H3,(H,16,17,18). The van der Waals surface area contributed by atoms with Crippen LogP contribution in [0.2, 0.25) is 0 Å². The van der Waals surface area contributed by atoms with Gasteiger partial charge in [0.15, 0.2) is 0 Å². The predicted molar refractivity (Wildman–Crippen MR) is 77.1 cm³/mol. The molecule has 0 spiro atoms. The van der Waals surface area contributed by atoms with Crippen LogP contribution in [0.25, 0.3) is 0 Å². The number of nitrogens with zero attached hydrogens (tertiary/aromatic N) is 2. The molecule has 0 aliphatic heterocycles. The van der Waals surface area contributed by atoms with Crippen LogP contribution in [0, 0.1) is 0 Å². The lowest BCUT2D eigenvalue weighted by Gasteiger charge is -2.10. The van der Waals surface area contributed by atoms with Gasteiger partial charge in [0.25, 0.3) is 0 Å². The first-order valence-electron chi connectivity index (χ1n) is 6.17. The zero-order valence-corrected chi connectivity index (χ0v) is 12.4. The van der Waals surface area contributed by atoms with Crippen LogP contribution in [0.4, 0.5) is 0 Å². The van der Waals surface area contributed by atoms with Gasteiger partial charge in [0, 0.05) is 23.0 Å². The molecule has 0 saturated heterocycles. The second-order valence-electron chi connectivity index (χ2n) is 4.17. The van der Waals surface area contributed by atoms with Crippen LogP contribution in [-0.4, -0.2) is 28.8 Å². The summed E-state index contributed by atoms with van der Waals surface area (Å²) in [5.74, 6) is 1.84. The van der Waals surface area contributed by atoms with Crippen LogP contribution in [0.5, 0.6) is 5.75 Å². The highest BCUT2D eigenvalue weighted by molar-refractivity contribution is 9.10. The summed E-state index contributed by atoms with van der Waals surface area (Å²) in [6.45, 7) is 1.72. The normalized spacial score (nSPS) is 10.6. The lowest BCUT2D eigenvalue weighted by molar-refractivity contribution is 0.407. The maximum atomic E-state index is 5.33. The highest BCUT2D eigenvalue weighted by Gasteiger charge is 2.03. The molecule has 0 aliphatic rings. The van der Waals surface area contributed by atoms with Gasteiger partial charge in [0.1, 0.15) is 17.9 Å². The number of aryl methyl sites for hydroxylation is 1. The third kappa shape index (κ3) is 4.33. The Morgan fingerprint density at radius 2 is 2.32 bits per heavy atom. The lowest BCUT2D eigenvalue weighted by atomic mass is 10.2. The molecule has 0 fully saturated rings. The molecular weight excluding hydrogens is 308 g/mol. The fraction of sp³-hybridized carbons (Fsp3) is 0.385. The highest BCUT2D eigenvalue weighted by atomic mass is 79.9. The lowest BCUT2D eigenvalue weighted by Crippen LogP contribution is -2.16. The molecule has 0 unspecified atom stereocenters. The van der Waals surface area contributed by atoms with E-state index in [1.165, 1.54) is 6.33 Å². The van der Waals surface area contributed by atoms with Crippen molar-refractivity contribution in [3.05, 3.63) is 40.4 Å². The minimum absolute atomic E-state index is 0.791. The summed E-state index contributed by atoms with van der Waals surface area (Å²) < 4.78 is 6.39. The minimum Gasteiger partial charge on any atom is -0.496 e. The maximum absolute atomic E-state index is 5.33. The van der Waals surface area contributed by atoms with E-state index in [9.17, 15) is 0 Å². The van der Waals surface area contributed by atoms with Gasteiger partial charge in [-0.05, 0) is 31.2 Å². The number of ether oxygens (including phenoxy) is 1. The summed E-state index contributed by atoms with van der Waals surface area (Å²) in [5, 5.41) is 10.1. The number of aromatic amines is 1. The highest BCUT2D eigenvalue weighted by Crippen LogP contribution is 2.22. The van der Waals surface area contributed by atoms with Crippen molar-refractivity contribution >= 4 is 15.9 Å². The van der Waals surface area contributed by atoms with Crippen LogP contribution in [0.3, 0.4) is 0 Å². The molecule has 0 atom stereocenters. The van der Waals surface area contributed by atoms with Gasteiger partial charge in [0.05, 0.1) is 7.11 Å². The van der Waals surface area contributed by atoms with Gasteiger partial charge < -0.3 is 10.1 Å².